The molecule has 1 unspecified atom stereocenters. The van der Waals surface area contributed by atoms with Gasteiger partial charge in [-0.3, -0.25) is 0 Å². The summed E-state index contributed by atoms with van der Waals surface area (Å²) in [6.07, 6.45) is 4.85. The molecule has 20 heavy (non-hydrogen) atoms. The summed E-state index contributed by atoms with van der Waals surface area (Å²) in [5.74, 6) is 0. The van der Waals surface area contributed by atoms with Crippen molar-refractivity contribution < 1.29 is 0 Å². The molecule has 1 aromatic heterocycles. The van der Waals surface area contributed by atoms with Crippen molar-refractivity contribution in [3.63, 3.8) is 0 Å². The zero-order chi connectivity index (χ0) is 14.4. The predicted octanol–water partition coefficient (Wildman–Crippen LogP) is 4.00. The van der Waals surface area contributed by atoms with E-state index in [-0.39, 0.29) is 0 Å². The molecule has 3 nitrogen and oxygen atoms in total. The molecule has 0 bridgehead atoms. The van der Waals surface area contributed by atoms with Gasteiger partial charge < -0.3 is 5.32 Å². The fourth-order valence-electron chi connectivity index (χ4n) is 1.84. The Hall–Kier alpha value is -1.39. The first-order valence-corrected chi connectivity index (χ1v) is 7.80. The van der Waals surface area contributed by atoms with Crippen molar-refractivity contribution in [1.82, 2.24) is 15.3 Å². The van der Waals surface area contributed by atoms with Crippen LogP contribution in [0.25, 0.3) is 0 Å². The number of hydrogen-bond donors (Lipinski definition) is 1. The summed E-state index contributed by atoms with van der Waals surface area (Å²) in [5, 5.41) is 4.28. The number of benzene rings is 1. The monoisotopic (exact) mass is 287 g/mol. The first-order chi connectivity index (χ1) is 9.69. The highest BCUT2D eigenvalue weighted by Gasteiger charge is 2.05. The first kappa shape index (κ1) is 15.0. The minimum Gasteiger partial charge on any atom is -0.310 e. The molecule has 0 fully saturated rings. The fraction of sp³-hybridized carbons (Fsp3) is 0.375. The highest BCUT2D eigenvalue weighted by atomic mass is 32.2. The number of aryl methyl sites for hydroxylation is 1. The lowest BCUT2D eigenvalue weighted by Gasteiger charge is -2.13. The van der Waals surface area contributed by atoms with Gasteiger partial charge in [0.2, 0.25) is 0 Å². The minimum absolute atomic E-state index is 0.393. The summed E-state index contributed by atoms with van der Waals surface area (Å²) in [6, 6.07) is 9.00. The quantitative estimate of drug-likeness (QED) is 0.815. The molecule has 4 heteroatoms. The zero-order valence-electron chi connectivity index (χ0n) is 12.3. The van der Waals surface area contributed by atoms with Gasteiger partial charge in [-0.15, -0.1) is 0 Å². The van der Waals surface area contributed by atoms with Crippen LogP contribution in [-0.2, 0) is 0 Å². The molecule has 0 aliphatic heterocycles. The Bertz CT molecular complexity index is 522. The number of hydrogen-bond acceptors (Lipinski definition) is 4. The first-order valence-electron chi connectivity index (χ1n) is 6.99. The third-order valence-electron chi connectivity index (χ3n) is 3.05. The Balaban J connectivity index is 1.99. The summed E-state index contributed by atoms with van der Waals surface area (Å²) in [4.78, 5) is 9.79. The molecule has 1 aromatic carbocycles. The van der Waals surface area contributed by atoms with Gasteiger partial charge >= 0.3 is 0 Å². The van der Waals surface area contributed by atoms with Gasteiger partial charge in [-0.25, -0.2) is 9.97 Å². The average molecular weight is 287 g/mol. The van der Waals surface area contributed by atoms with E-state index in [4.69, 9.17) is 0 Å². The van der Waals surface area contributed by atoms with Gasteiger partial charge in [0.05, 0.1) is 0 Å². The van der Waals surface area contributed by atoms with E-state index in [0.29, 0.717) is 6.04 Å². The number of nitrogens with one attached hydrogen (secondary N) is 1. The zero-order valence-corrected chi connectivity index (χ0v) is 13.1. The summed E-state index contributed by atoms with van der Waals surface area (Å²) in [5.41, 5.74) is 2.40. The molecule has 0 amide bonds. The van der Waals surface area contributed by atoms with E-state index < -0.39 is 0 Å². The van der Waals surface area contributed by atoms with Crippen molar-refractivity contribution in [3.05, 3.63) is 47.8 Å². The molecular formula is C16H21N3S. The normalized spacial score (nSPS) is 12.3. The van der Waals surface area contributed by atoms with Crippen LogP contribution in [0.5, 0.6) is 0 Å². The maximum Gasteiger partial charge on any atom is 0.192 e. The SMILES string of the molecule is CCCNC(C)c1ccc(Sc2ncc(C)cn2)cc1. The second kappa shape index (κ2) is 7.41. The van der Waals surface area contributed by atoms with E-state index in [9.17, 15) is 0 Å². The highest BCUT2D eigenvalue weighted by Crippen LogP contribution is 2.25. The summed E-state index contributed by atoms with van der Waals surface area (Å²) in [6.45, 7) is 7.42. The molecule has 0 aliphatic carbocycles. The highest BCUT2D eigenvalue weighted by molar-refractivity contribution is 7.99. The van der Waals surface area contributed by atoms with Crippen LogP contribution in [0.2, 0.25) is 0 Å². The van der Waals surface area contributed by atoms with E-state index in [1.807, 2.05) is 19.3 Å². The Morgan fingerprint density at radius 1 is 1.15 bits per heavy atom. The second-order valence-corrected chi connectivity index (χ2v) is 5.93. The van der Waals surface area contributed by atoms with E-state index >= 15 is 0 Å². The van der Waals surface area contributed by atoms with Crippen molar-refractivity contribution >= 4 is 11.8 Å². The molecular weight excluding hydrogens is 266 g/mol. The van der Waals surface area contributed by atoms with Gasteiger partial charge in [-0.1, -0.05) is 19.1 Å². The van der Waals surface area contributed by atoms with Gasteiger partial charge in [0.15, 0.2) is 5.16 Å². The van der Waals surface area contributed by atoms with Gasteiger partial charge in [0.25, 0.3) is 0 Å². The largest absolute Gasteiger partial charge is 0.310 e. The Morgan fingerprint density at radius 2 is 1.80 bits per heavy atom. The summed E-state index contributed by atoms with van der Waals surface area (Å²) in [7, 11) is 0. The number of nitrogens with zero attached hydrogens (tertiary/aromatic N) is 2. The third kappa shape index (κ3) is 4.32. The predicted molar refractivity (Wildman–Crippen MR) is 84.0 cm³/mol. The van der Waals surface area contributed by atoms with Crippen LogP contribution >= 0.6 is 11.8 Å². The fourth-order valence-corrected chi connectivity index (χ4v) is 2.54. The van der Waals surface area contributed by atoms with Gasteiger partial charge in [-0.2, -0.15) is 0 Å². The van der Waals surface area contributed by atoms with Crippen molar-refractivity contribution in [2.24, 2.45) is 0 Å². The van der Waals surface area contributed by atoms with E-state index in [2.05, 4.69) is 53.4 Å². The molecule has 2 aromatic rings. The molecule has 0 aliphatic rings. The molecule has 0 radical (unpaired) electrons. The van der Waals surface area contributed by atoms with Crippen molar-refractivity contribution in [1.29, 1.82) is 0 Å². The van der Waals surface area contributed by atoms with Crippen molar-refractivity contribution in [3.8, 4) is 0 Å². The average Bonchev–Trinajstić information content (AvgIpc) is 2.48. The van der Waals surface area contributed by atoms with E-state index in [0.717, 1.165) is 23.7 Å². The summed E-state index contributed by atoms with van der Waals surface area (Å²) < 4.78 is 0. The van der Waals surface area contributed by atoms with Gasteiger partial charge in [0, 0.05) is 23.3 Å². The van der Waals surface area contributed by atoms with Crippen LogP contribution in [0.4, 0.5) is 0 Å². The maximum atomic E-state index is 4.31. The van der Waals surface area contributed by atoms with Crippen LogP contribution in [0.15, 0.2) is 46.7 Å². The van der Waals surface area contributed by atoms with E-state index in [1.165, 1.54) is 10.5 Å². The summed E-state index contributed by atoms with van der Waals surface area (Å²) >= 11 is 1.59. The van der Waals surface area contributed by atoms with E-state index in [1.54, 1.807) is 11.8 Å². The molecule has 106 valence electrons. The second-order valence-electron chi connectivity index (χ2n) is 4.89. The molecule has 0 saturated carbocycles. The molecule has 1 heterocycles. The standard InChI is InChI=1S/C16H21N3S/c1-4-9-17-13(3)14-5-7-15(8-6-14)20-16-18-10-12(2)11-19-16/h5-8,10-11,13,17H,4,9H2,1-3H3. The Labute approximate surface area is 125 Å². The van der Waals surface area contributed by atoms with Gasteiger partial charge in [0.1, 0.15) is 0 Å². The molecule has 2 rings (SSSR count). The van der Waals surface area contributed by atoms with Crippen LogP contribution in [0, 0.1) is 6.92 Å². The third-order valence-corrected chi connectivity index (χ3v) is 3.95. The lowest BCUT2D eigenvalue weighted by molar-refractivity contribution is 0.570. The minimum atomic E-state index is 0.393. The molecule has 1 N–H and O–H groups in total. The molecule has 0 spiro atoms. The maximum absolute atomic E-state index is 4.31. The smallest absolute Gasteiger partial charge is 0.192 e. The Morgan fingerprint density at radius 3 is 2.40 bits per heavy atom. The van der Waals surface area contributed by atoms with Crippen LogP contribution in [-0.4, -0.2) is 16.5 Å². The van der Waals surface area contributed by atoms with Gasteiger partial charge in [-0.05, 0) is 61.8 Å². The lowest BCUT2D eigenvalue weighted by Crippen LogP contribution is -2.19. The topological polar surface area (TPSA) is 37.8 Å². The van der Waals surface area contributed by atoms with Crippen molar-refractivity contribution in [2.75, 3.05) is 6.54 Å². The van der Waals surface area contributed by atoms with Crippen LogP contribution in [0.3, 0.4) is 0 Å². The number of rotatable bonds is 6. The number of aromatic nitrogens is 2. The van der Waals surface area contributed by atoms with Crippen molar-refractivity contribution in [2.45, 2.75) is 43.3 Å². The molecule has 1 atom stereocenters. The lowest BCUT2D eigenvalue weighted by atomic mass is 10.1. The molecule has 0 saturated heterocycles. The van der Waals surface area contributed by atoms with Crippen LogP contribution < -0.4 is 5.32 Å². The Kier molecular flexibility index (Phi) is 5.56. The van der Waals surface area contributed by atoms with Crippen LogP contribution in [0.1, 0.15) is 37.4 Å².